The first kappa shape index (κ1) is 17.9. The molecular weight excluding hydrogens is 328 g/mol. The van der Waals surface area contributed by atoms with Crippen molar-refractivity contribution in [1.82, 2.24) is 0 Å². The van der Waals surface area contributed by atoms with Gasteiger partial charge in [0.1, 0.15) is 10.6 Å². The van der Waals surface area contributed by atoms with Crippen molar-refractivity contribution in [3.05, 3.63) is 60.7 Å². The highest BCUT2D eigenvalue weighted by molar-refractivity contribution is 7.87. The zero-order valence-corrected chi connectivity index (χ0v) is 14.5. The number of allylic oxidation sites excluding steroid dienone is 1. The van der Waals surface area contributed by atoms with Gasteiger partial charge in [-0.05, 0) is 55.3 Å². The van der Waals surface area contributed by atoms with Gasteiger partial charge in [-0.25, -0.2) is 0 Å². The fourth-order valence-corrected chi connectivity index (χ4v) is 3.05. The third-order valence-corrected chi connectivity index (χ3v) is 4.48. The minimum Gasteiger partial charge on any atom is -0.494 e. The summed E-state index contributed by atoms with van der Waals surface area (Å²) in [4.78, 5) is 0.0446. The number of hydrogen-bond acceptors (Lipinski definition) is 5. The van der Waals surface area contributed by atoms with Crippen molar-refractivity contribution >= 4 is 10.1 Å². The molecule has 0 saturated carbocycles. The Hall–Kier alpha value is -2.47. The molecule has 0 N–H and O–H groups in total. The lowest BCUT2D eigenvalue weighted by Crippen LogP contribution is -2.10. The van der Waals surface area contributed by atoms with E-state index in [4.69, 9.17) is 13.7 Å². The third-order valence-electron chi connectivity index (χ3n) is 3.23. The van der Waals surface area contributed by atoms with Crippen molar-refractivity contribution in [2.45, 2.75) is 18.2 Å². The molecule has 0 aromatic heterocycles. The summed E-state index contributed by atoms with van der Waals surface area (Å²) in [5.41, 5.74) is 0.952. The van der Waals surface area contributed by atoms with Crippen LogP contribution in [0.3, 0.4) is 0 Å². The highest BCUT2D eigenvalue weighted by Crippen LogP contribution is 2.31. The van der Waals surface area contributed by atoms with Gasteiger partial charge in [0.2, 0.25) is 0 Å². The van der Waals surface area contributed by atoms with Crippen LogP contribution in [-0.4, -0.2) is 22.1 Å². The minimum absolute atomic E-state index is 0.0446. The standard InChI is InChI=1S/C18H20O5S/c1-4-6-14-7-12-17(18(13-14)21-3)23-24(19,20)16-10-8-15(9-11-16)22-5-2/h4,7-13H,1,5-6H2,2-3H3. The monoisotopic (exact) mass is 348 g/mol. The first-order valence-electron chi connectivity index (χ1n) is 7.45. The number of benzene rings is 2. The third kappa shape index (κ3) is 4.29. The lowest BCUT2D eigenvalue weighted by Gasteiger charge is -2.12. The average molecular weight is 348 g/mol. The second kappa shape index (κ2) is 7.88. The molecule has 0 aliphatic carbocycles. The maximum atomic E-state index is 12.4. The number of methoxy groups -OCH3 is 1. The van der Waals surface area contributed by atoms with E-state index in [9.17, 15) is 8.42 Å². The lowest BCUT2D eigenvalue weighted by molar-refractivity contribution is 0.340. The molecule has 0 atom stereocenters. The number of ether oxygens (including phenoxy) is 2. The molecule has 0 aliphatic heterocycles. The van der Waals surface area contributed by atoms with E-state index in [1.54, 1.807) is 36.4 Å². The summed E-state index contributed by atoms with van der Waals surface area (Å²) in [5.74, 6) is 1.09. The van der Waals surface area contributed by atoms with Crippen molar-refractivity contribution in [1.29, 1.82) is 0 Å². The summed E-state index contributed by atoms with van der Waals surface area (Å²) in [6.07, 6.45) is 2.41. The predicted octanol–water partition coefficient (Wildman–Crippen LogP) is 3.59. The van der Waals surface area contributed by atoms with Crippen LogP contribution >= 0.6 is 0 Å². The predicted molar refractivity (Wildman–Crippen MR) is 92.3 cm³/mol. The van der Waals surface area contributed by atoms with Crippen LogP contribution < -0.4 is 13.7 Å². The van der Waals surface area contributed by atoms with Crippen molar-refractivity contribution in [3.8, 4) is 17.2 Å². The Bertz CT molecular complexity index is 795. The van der Waals surface area contributed by atoms with E-state index in [1.807, 2.05) is 6.92 Å². The van der Waals surface area contributed by atoms with E-state index in [0.29, 0.717) is 24.5 Å². The van der Waals surface area contributed by atoms with Gasteiger partial charge in [-0.2, -0.15) is 8.42 Å². The first-order chi connectivity index (χ1) is 11.5. The van der Waals surface area contributed by atoms with Crippen LogP contribution in [0, 0.1) is 0 Å². The van der Waals surface area contributed by atoms with Crippen LogP contribution in [0.1, 0.15) is 12.5 Å². The smallest absolute Gasteiger partial charge is 0.339 e. The fourth-order valence-electron chi connectivity index (χ4n) is 2.11. The van der Waals surface area contributed by atoms with Gasteiger partial charge in [-0.3, -0.25) is 0 Å². The maximum absolute atomic E-state index is 12.4. The van der Waals surface area contributed by atoms with Gasteiger partial charge in [0.15, 0.2) is 11.5 Å². The number of hydrogen-bond donors (Lipinski definition) is 0. The highest BCUT2D eigenvalue weighted by atomic mass is 32.2. The normalized spacial score (nSPS) is 10.9. The fraction of sp³-hybridized carbons (Fsp3) is 0.222. The molecule has 0 radical (unpaired) electrons. The largest absolute Gasteiger partial charge is 0.494 e. The van der Waals surface area contributed by atoms with Gasteiger partial charge in [0, 0.05) is 0 Å². The summed E-state index contributed by atoms with van der Waals surface area (Å²) in [5, 5.41) is 0. The van der Waals surface area contributed by atoms with Crippen LogP contribution in [0.25, 0.3) is 0 Å². The van der Waals surface area contributed by atoms with E-state index in [-0.39, 0.29) is 10.6 Å². The van der Waals surface area contributed by atoms with E-state index in [1.165, 1.54) is 19.2 Å². The van der Waals surface area contributed by atoms with Crippen LogP contribution in [0.15, 0.2) is 60.0 Å². The molecule has 0 heterocycles. The van der Waals surface area contributed by atoms with Crippen LogP contribution in [-0.2, 0) is 16.5 Å². The van der Waals surface area contributed by atoms with Gasteiger partial charge in [-0.15, -0.1) is 6.58 Å². The molecule has 2 rings (SSSR count). The summed E-state index contributed by atoms with van der Waals surface area (Å²) in [7, 11) is -2.50. The van der Waals surface area contributed by atoms with E-state index in [0.717, 1.165) is 5.56 Å². The summed E-state index contributed by atoms with van der Waals surface area (Å²) in [6, 6.07) is 11.1. The lowest BCUT2D eigenvalue weighted by atomic mass is 10.1. The SMILES string of the molecule is C=CCc1ccc(OS(=O)(=O)c2ccc(OCC)cc2)c(OC)c1. The highest BCUT2D eigenvalue weighted by Gasteiger charge is 2.19. The molecule has 0 bridgehead atoms. The topological polar surface area (TPSA) is 61.8 Å². The van der Waals surface area contributed by atoms with Gasteiger partial charge >= 0.3 is 10.1 Å². The first-order valence-corrected chi connectivity index (χ1v) is 8.86. The van der Waals surface area contributed by atoms with Gasteiger partial charge < -0.3 is 13.7 Å². The Morgan fingerprint density at radius 3 is 2.38 bits per heavy atom. The van der Waals surface area contributed by atoms with Gasteiger partial charge in [-0.1, -0.05) is 12.1 Å². The Balaban J connectivity index is 2.26. The summed E-state index contributed by atoms with van der Waals surface area (Å²) < 4.78 is 40.6. The molecule has 2 aromatic carbocycles. The zero-order valence-electron chi connectivity index (χ0n) is 13.7. The van der Waals surface area contributed by atoms with Crippen LogP contribution in [0.2, 0.25) is 0 Å². The summed E-state index contributed by atoms with van der Waals surface area (Å²) in [6.45, 7) is 6.04. The molecule has 128 valence electrons. The molecule has 5 nitrogen and oxygen atoms in total. The van der Waals surface area contributed by atoms with E-state index in [2.05, 4.69) is 6.58 Å². The van der Waals surface area contributed by atoms with Crippen molar-refractivity contribution in [2.24, 2.45) is 0 Å². The van der Waals surface area contributed by atoms with Gasteiger partial charge in [0.25, 0.3) is 0 Å². The van der Waals surface area contributed by atoms with E-state index >= 15 is 0 Å². The minimum atomic E-state index is -3.96. The van der Waals surface area contributed by atoms with Gasteiger partial charge in [0.05, 0.1) is 13.7 Å². The van der Waals surface area contributed by atoms with Crippen LogP contribution in [0.5, 0.6) is 17.2 Å². The Morgan fingerprint density at radius 1 is 1.08 bits per heavy atom. The molecule has 6 heteroatoms. The van der Waals surface area contributed by atoms with E-state index < -0.39 is 10.1 Å². The maximum Gasteiger partial charge on any atom is 0.339 e. The zero-order chi connectivity index (χ0) is 17.6. The molecule has 0 amide bonds. The molecule has 24 heavy (non-hydrogen) atoms. The molecule has 0 saturated heterocycles. The van der Waals surface area contributed by atoms with Crippen molar-refractivity contribution in [2.75, 3.05) is 13.7 Å². The molecule has 0 fully saturated rings. The Kier molecular flexibility index (Phi) is 5.87. The molecule has 2 aromatic rings. The molecular formula is C18H20O5S. The Labute approximate surface area is 142 Å². The van der Waals surface area contributed by atoms with Crippen molar-refractivity contribution < 1.29 is 22.1 Å². The van der Waals surface area contributed by atoms with Crippen molar-refractivity contribution in [3.63, 3.8) is 0 Å². The second-order valence-electron chi connectivity index (χ2n) is 4.92. The molecule has 0 unspecified atom stereocenters. The Morgan fingerprint density at radius 2 is 1.79 bits per heavy atom. The summed E-state index contributed by atoms with van der Waals surface area (Å²) >= 11 is 0. The van der Waals surface area contributed by atoms with Crippen LogP contribution in [0.4, 0.5) is 0 Å². The molecule has 0 spiro atoms. The quantitative estimate of drug-likeness (QED) is 0.539. The second-order valence-corrected chi connectivity index (χ2v) is 6.47. The molecule has 0 aliphatic rings. The average Bonchev–Trinajstić information content (AvgIpc) is 2.57. The number of rotatable bonds is 8.